The molecule has 1 N–H and O–H groups in total. The number of pyridine rings is 1. The van der Waals surface area contributed by atoms with E-state index in [1.807, 2.05) is 6.92 Å². The molecule has 0 atom stereocenters. The standard InChI is InChI=1S/C10H15N3O2S/c1-3-5-16-10-7-8(13(14)15)6-9(12-10)11-4-2/h6-7H,3-5H2,1-2H3,(H,11,12). The fourth-order valence-corrected chi connectivity index (χ4v) is 1.93. The second-order valence-corrected chi connectivity index (χ2v) is 4.30. The van der Waals surface area contributed by atoms with Gasteiger partial charge in [0.2, 0.25) is 0 Å². The molecule has 5 nitrogen and oxygen atoms in total. The first-order valence-electron chi connectivity index (χ1n) is 5.20. The van der Waals surface area contributed by atoms with Gasteiger partial charge in [-0.3, -0.25) is 10.1 Å². The van der Waals surface area contributed by atoms with Crippen molar-refractivity contribution >= 4 is 23.3 Å². The van der Waals surface area contributed by atoms with Gasteiger partial charge in [0, 0.05) is 12.6 Å². The molecule has 0 radical (unpaired) electrons. The number of hydrogen-bond donors (Lipinski definition) is 1. The number of rotatable bonds is 6. The zero-order valence-electron chi connectivity index (χ0n) is 9.40. The first kappa shape index (κ1) is 12.8. The molecule has 0 saturated carbocycles. The molecule has 6 heteroatoms. The van der Waals surface area contributed by atoms with E-state index in [4.69, 9.17) is 0 Å². The van der Waals surface area contributed by atoms with E-state index in [-0.39, 0.29) is 5.69 Å². The van der Waals surface area contributed by atoms with Gasteiger partial charge >= 0.3 is 0 Å². The van der Waals surface area contributed by atoms with Crippen molar-refractivity contribution in [2.45, 2.75) is 25.3 Å². The van der Waals surface area contributed by atoms with Crippen LogP contribution in [-0.2, 0) is 0 Å². The monoisotopic (exact) mass is 241 g/mol. The lowest BCUT2D eigenvalue weighted by Crippen LogP contribution is -2.01. The molecular weight excluding hydrogens is 226 g/mol. The summed E-state index contributed by atoms with van der Waals surface area (Å²) in [6, 6.07) is 2.97. The predicted octanol–water partition coefficient (Wildman–Crippen LogP) is 2.92. The van der Waals surface area contributed by atoms with Crippen LogP contribution in [-0.4, -0.2) is 22.2 Å². The summed E-state index contributed by atoms with van der Waals surface area (Å²) in [5, 5.41) is 14.4. The molecule has 0 aliphatic rings. The maximum Gasteiger partial charge on any atom is 0.275 e. The lowest BCUT2D eigenvalue weighted by atomic mass is 10.4. The van der Waals surface area contributed by atoms with Gasteiger partial charge in [-0.15, -0.1) is 11.8 Å². The third kappa shape index (κ3) is 3.69. The summed E-state index contributed by atoms with van der Waals surface area (Å²) in [6.07, 6.45) is 1.02. The minimum Gasteiger partial charge on any atom is -0.370 e. The number of nitrogens with one attached hydrogen (secondary N) is 1. The Kier molecular flexibility index (Phi) is 5.04. The molecule has 0 bridgehead atoms. The Bertz CT molecular complexity index is 371. The smallest absolute Gasteiger partial charge is 0.275 e. The first-order chi connectivity index (χ1) is 7.67. The van der Waals surface area contributed by atoms with Gasteiger partial charge < -0.3 is 5.32 Å². The Labute approximate surface area is 98.8 Å². The van der Waals surface area contributed by atoms with E-state index < -0.39 is 4.92 Å². The van der Waals surface area contributed by atoms with Crippen molar-refractivity contribution in [2.24, 2.45) is 0 Å². The fourth-order valence-electron chi connectivity index (χ4n) is 1.15. The molecule has 0 amide bonds. The SMILES string of the molecule is CCCSc1cc([N+](=O)[O-])cc(NCC)n1. The molecular formula is C10H15N3O2S. The van der Waals surface area contributed by atoms with Crippen molar-refractivity contribution in [3.8, 4) is 0 Å². The van der Waals surface area contributed by atoms with E-state index in [9.17, 15) is 10.1 Å². The van der Waals surface area contributed by atoms with Crippen LogP contribution in [0.4, 0.5) is 11.5 Å². The lowest BCUT2D eigenvalue weighted by molar-refractivity contribution is -0.385. The van der Waals surface area contributed by atoms with Crippen LogP contribution < -0.4 is 5.32 Å². The van der Waals surface area contributed by atoms with Crippen molar-refractivity contribution in [3.05, 3.63) is 22.2 Å². The molecule has 0 saturated heterocycles. The van der Waals surface area contributed by atoms with Gasteiger partial charge in [-0.1, -0.05) is 6.92 Å². The minimum atomic E-state index is -0.390. The molecule has 0 unspecified atom stereocenters. The highest BCUT2D eigenvalue weighted by Gasteiger charge is 2.10. The number of nitro groups is 1. The van der Waals surface area contributed by atoms with E-state index in [2.05, 4.69) is 17.2 Å². The zero-order valence-corrected chi connectivity index (χ0v) is 10.2. The van der Waals surface area contributed by atoms with E-state index in [1.54, 1.807) is 0 Å². The van der Waals surface area contributed by atoms with Crippen LogP contribution in [0.3, 0.4) is 0 Å². The van der Waals surface area contributed by atoms with Crippen LogP contribution in [0.25, 0.3) is 0 Å². The Balaban J connectivity index is 2.93. The Morgan fingerprint density at radius 3 is 2.81 bits per heavy atom. The highest BCUT2D eigenvalue weighted by molar-refractivity contribution is 7.99. The normalized spacial score (nSPS) is 10.1. The zero-order chi connectivity index (χ0) is 12.0. The predicted molar refractivity (Wildman–Crippen MR) is 66.1 cm³/mol. The molecule has 0 spiro atoms. The van der Waals surface area contributed by atoms with E-state index in [0.29, 0.717) is 17.4 Å². The number of anilines is 1. The van der Waals surface area contributed by atoms with Crippen molar-refractivity contribution in [2.75, 3.05) is 17.6 Å². The van der Waals surface area contributed by atoms with Crippen LogP contribution >= 0.6 is 11.8 Å². The van der Waals surface area contributed by atoms with Gasteiger partial charge in [-0.05, 0) is 19.1 Å². The van der Waals surface area contributed by atoms with E-state index in [1.165, 1.54) is 23.9 Å². The Hall–Kier alpha value is -1.30. The Morgan fingerprint density at radius 2 is 2.25 bits per heavy atom. The topological polar surface area (TPSA) is 68.1 Å². The fraction of sp³-hybridized carbons (Fsp3) is 0.500. The molecule has 1 aromatic rings. The maximum absolute atomic E-state index is 10.7. The van der Waals surface area contributed by atoms with Crippen molar-refractivity contribution in [1.29, 1.82) is 0 Å². The van der Waals surface area contributed by atoms with Crippen LogP contribution in [0, 0.1) is 10.1 Å². The Morgan fingerprint density at radius 1 is 1.50 bits per heavy atom. The molecule has 0 aromatic carbocycles. The van der Waals surface area contributed by atoms with Crippen LogP contribution in [0.1, 0.15) is 20.3 Å². The van der Waals surface area contributed by atoms with Crippen LogP contribution in [0.2, 0.25) is 0 Å². The molecule has 16 heavy (non-hydrogen) atoms. The minimum absolute atomic E-state index is 0.0875. The van der Waals surface area contributed by atoms with Gasteiger partial charge in [0.1, 0.15) is 10.8 Å². The average molecular weight is 241 g/mol. The van der Waals surface area contributed by atoms with Crippen LogP contribution in [0.5, 0.6) is 0 Å². The summed E-state index contributed by atoms with van der Waals surface area (Å²) < 4.78 is 0. The molecule has 0 fully saturated rings. The molecule has 0 aliphatic carbocycles. The van der Waals surface area contributed by atoms with Crippen molar-refractivity contribution in [1.82, 2.24) is 4.98 Å². The third-order valence-corrected chi connectivity index (χ3v) is 2.93. The number of hydrogen-bond acceptors (Lipinski definition) is 5. The van der Waals surface area contributed by atoms with Gasteiger partial charge in [0.05, 0.1) is 11.0 Å². The molecule has 88 valence electrons. The molecule has 1 heterocycles. The van der Waals surface area contributed by atoms with Crippen molar-refractivity contribution in [3.63, 3.8) is 0 Å². The summed E-state index contributed by atoms with van der Waals surface area (Å²) >= 11 is 1.54. The first-order valence-corrected chi connectivity index (χ1v) is 6.19. The van der Waals surface area contributed by atoms with Gasteiger partial charge in [0.25, 0.3) is 5.69 Å². The number of aromatic nitrogens is 1. The third-order valence-electron chi connectivity index (χ3n) is 1.81. The largest absolute Gasteiger partial charge is 0.370 e. The van der Waals surface area contributed by atoms with Gasteiger partial charge in [-0.2, -0.15) is 0 Å². The van der Waals surface area contributed by atoms with Crippen LogP contribution in [0.15, 0.2) is 17.2 Å². The average Bonchev–Trinajstić information content (AvgIpc) is 2.26. The second-order valence-electron chi connectivity index (χ2n) is 3.18. The second kappa shape index (κ2) is 6.32. The quantitative estimate of drug-likeness (QED) is 0.471. The highest BCUT2D eigenvalue weighted by atomic mass is 32.2. The number of nitrogens with zero attached hydrogens (tertiary/aromatic N) is 2. The molecule has 1 aromatic heterocycles. The summed E-state index contributed by atoms with van der Waals surface area (Å²) in [4.78, 5) is 14.6. The molecule has 0 aliphatic heterocycles. The summed E-state index contributed by atoms with van der Waals surface area (Å²) in [5.74, 6) is 1.48. The summed E-state index contributed by atoms with van der Waals surface area (Å²) in [7, 11) is 0. The van der Waals surface area contributed by atoms with Gasteiger partial charge in [0.15, 0.2) is 0 Å². The van der Waals surface area contributed by atoms with E-state index in [0.717, 1.165) is 12.2 Å². The summed E-state index contributed by atoms with van der Waals surface area (Å²) in [5.41, 5.74) is 0.0875. The summed E-state index contributed by atoms with van der Waals surface area (Å²) in [6.45, 7) is 4.70. The van der Waals surface area contributed by atoms with Crippen molar-refractivity contribution < 1.29 is 4.92 Å². The lowest BCUT2D eigenvalue weighted by Gasteiger charge is -2.05. The molecule has 1 rings (SSSR count). The maximum atomic E-state index is 10.7. The highest BCUT2D eigenvalue weighted by Crippen LogP contribution is 2.24. The van der Waals surface area contributed by atoms with Gasteiger partial charge in [-0.25, -0.2) is 4.98 Å². The van der Waals surface area contributed by atoms with E-state index >= 15 is 0 Å². The number of thioether (sulfide) groups is 1.